The van der Waals surface area contributed by atoms with Crippen molar-refractivity contribution in [2.45, 2.75) is 51.8 Å². The van der Waals surface area contributed by atoms with Gasteiger partial charge in [-0.15, -0.1) is 15.3 Å². The van der Waals surface area contributed by atoms with Crippen molar-refractivity contribution in [1.82, 2.24) is 25.7 Å². The topological polar surface area (TPSA) is 142 Å². The Kier molecular flexibility index (Phi) is 10.0. The maximum Gasteiger partial charge on any atom is 0.251 e. The van der Waals surface area contributed by atoms with E-state index in [2.05, 4.69) is 36.3 Å². The lowest BCUT2D eigenvalue weighted by molar-refractivity contribution is -0.115. The number of nitrogens with zero attached hydrogens (tertiary/aromatic N) is 4. The lowest BCUT2D eigenvalue weighted by Gasteiger charge is -2.07. The predicted octanol–water partition coefficient (Wildman–Crippen LogP) is 3.75. The molecule has 11 heteroatoms. The van der Waals surface area contributed by atoms with Crippen LogP contribution in [0.25, 0.3) is 0 Å². The standard InChI is InChI=1S/C28H31N7O3S/c1-19(36)30-24-15-14-23(32-33-24)12-5-6-13-26-34-35-28(39-26)31-25(37)17-20-8-7-9-21(16-20)18-29-27(38)22-10-3-2-4-11-22/h2-4,7-11,14-16,19,36H,5-6,12-13,17-18H2,1H3,(H,29,38)(H,30,33)(H,31,35,37). The van der Waals surface area contributed by atoms with Crippen LogP contribution in [-0.4, -0.2) is 43.5 Å². The number of anilines is 2. The maximum atomic E-state index is 12.6. The van der Waals surface area contributed by atoms with E-state index in [1.165, 1.54) is 11.3 Å². The van der Waals surface area contributed by atoms with Crippen LogP contribution >= 0.6 is 11.3 Å². The molecule has 0 saturated heterocycles. The number of benzene rings is 2. The van der Waals surface area contributed by atoms with Gasteiger partial charge in [0.05, 0.1) is 12.1 Å². The first kappa shape index (κ1) is 27.8. The van der Waals surface area contributed by atoms with E-state index in [1.54, 1.807) is 25.1 Å². The third-order valence-corrected chi connectivity index (χ3v) is 6.61. The van der Waals surface area contributed by atoms with E-state index in [0.29, 0.717) is 23.1 Å². The lowest BCUT2D eigenvalue weighted by Crippen LogP contribution is -2.22. The Labute approximate surface area is 230 Å². The van der Waals surface area contributed by atoms with Crippen molar-refractivity contribution < 1.29 is 14.7 Å². The summed E-state index contributed by atoms with van der Waals surface area (Å²) >= 11 is 1.38. The van der Waals surface area contributed by atoms with Crippen LogP contribution in [0.1, 0.15) is 52.0 Å². The number of hydrogen-bond acceptors (Lipinski definition) is 9. The van der Waals surface area contributed by atoms with Gasteiger partial charge in [-0.1, -0.05) is 53.8 Å². The highest BCUT2D eigenvalue weighted by Crippen LogP contribution is 2.18. The quantitative estimate of drug-likeness (QED) is 0.147. The Morgan fingerprint density at radius 1 is 0.897 bits per heavy atom. The molecule has 0 aliphatic rings. The Hall–Kier alpha value is -4.22. The Morgan fingerprint density at radius 3 is 2.46 bits per heavy atom. The summed E-state index contributed by atoms with van der Waals surface area (Å²) in [4.78, 5) is 24.9. The first-order valence-corrected chi connectivity index (χ1v) is 13.6. The maximum absolute atomic E-state index is 12.6. The molecule has 0 aliphatic carbocycles. The summed E-state index contributed by atoms with van der Waals surface area (Å²) in [6.45, 7) is 2.00. The van der Waals surface area contributed by atoms with Gasteiger partial charge < -0.3 is 21.1 Å². The molecule has 4 aromatic rings. The van der Waals surface area contributed by atoms with Crippen LogP contribution in [0.4, 0.5) is 10.9 Å². The van der Waals surface area contributed by atoms with Crippen LogP contribution in [0, 0.1) is 0 Å². The van der Waals surface area contributed by atoms with Crippen LogP contribution in [-0.2, 0) is 30.6 Å². The first-order chi connectivity index (χ1) is 18.9. The molecule has 1 atom stereocenters. The van der Waals surface area contributed by atoms with Crippen LogP contribution in [0.3, 0.4) is 0 Å². The number of unbranched alkanes of at least 4 members (excludes halogenated alkanes) is 1. The van der Waals surface area contributed by atoms with Gasteiger partial charge in [0.1, 0.15) is 11.2 Å². The van der Waals surface area contributed by atoms with Gasteiger partial charge in [-0.3, -0.25) is 9.59 Å². The lowest BCUT2D eigenvalue weighted by atomic mass is 10.1. The molecular formula is C28H31N7O3S. The third kappa shape index (κ3) is 9.24. The highest BCUT2D eigenvalue weighted by molar-refractivity contribution is 7.15. The number of carbonyl (C=O) groups excluding carboxylic acids is 2. The Morgan fingerprint density at radius 2 is 1.69 bits per heavy atom. The fourth-order valence-corrected chi connectivity index (χ4v) is 4.64. The molecule has 0 fully saturated rings. The predicted molar refractivity (Wildman–Crippen MR) is 150 cm³/mol. The van der Waals surface area contributed by atoms with Crippen molar-refractivity contribution in [2.75, 3.05) is 10.6 Å². The molecule has 0 bridgehead atoms. The smallest absolute Gasteiger partial charge is 0.251 e. The fourth-order valence-electron chi connectivity index (χ4n) is 3.84. The molecular weight excluding hydrogens is 514 g/mol. The molecule has 2 aromatic heterocycles. The van der Waals surface area contributed by atoms with Crippen LogP contribution in [0.5, 0.6) is 0 Å². The highest BCUT2D eigenvalue weighted by Gasteiger charge is 2.11. The molecule has 0 aliphatic heterocycles. The minimum absolute atomic E-state index is 0.139. The van der Waals surface area contributed by atoms with Crippen molar-refractivity contribution in [3.8, 4) is 0 Å². The molecule has 2 amide bonds. The summed E-state index contributed by atoms with van der Waals surface area (Å²) in [6, 6.07) is 20.3. The van der Waals surface area contributed by atoms with E-state index < -0.39 is 6.23 Å². The minimum atomic E-state index is -0.677. The molecule has 1 unspecified atom stereocenters. The van der Waals surface area contributed by atoms with Crippen molar-refractivity contribution in [3.63, 3.8) is 0 Å². The number of aliphatic hydroxyl groups is 1. The number of amides is 2. The molecule has 10 nitrogen and oxygen atoms in total. The Bertz CT molecular complexity index is 1360. The summed E-state index contributed by atoms with van der Waals surface area (Å²) in [5.74, 6) is 0.229. The number of nitrogens with one attached hydrogen (secondary N) is 3. The van der Waals surface area contributed by atoms with Crippen molar-refractivity contribution in [1.29, 1.82) is 0 Å². The molecule has 4 N–H and O–H groups in total. The van der Waals surface area contributed by atoms with Crippen molar-refractivity contribution in [2.24, 2.45) is 0 Å². The molecule has 202 valence electrons. The van der Waals surface area contributed by atoms with Gasteiger partial charge in [-0.2, -0.15) is 5.10 Å². The normalized spacial score (nSPS) is 11.5. The summed E-state index contributed by atoms with van der Waals surface area (Å²) in [5.41, 5.74) is 3.26. The van der Waals surface area contributed by atoms with Gasteiger partial charge in [-0.25, -0.2) is 0 Å². The van der Waals surface area contributed by atoms with E-state index in [4.69, 9.17) is 0 Å². The molecule has 0 spiro atoms. The summed E-state index contributed by atoms with van der Waals surface area (Å²) in [5, 5.41) is 35.7. The average Bonchev–Trinajstić information content (AvgIpc) is 3.38. The van der Waals surface area contributed by atoms with Crippen LogP contribution < -0.4 is 16.0 Å². The second kappa shape index (κ2) is 14.1. The zero-order valence-corrected chi connectivity index (χ0v) is 22.4. The largest absolute Gasteiger partial charge is 0.374 e. The second-order valence-corrected chi connectivity index (χ2v) is 10.1. The second-order valence-electron chi connectivity index (χ2n) is 9.03. The van der Waals surface area contributed by atoms with Gasteiger partial charge in [0.25, 0.3) is 5.91 Å². The Balaban J connectivity index is 1.18. The van der Waals surface area contributed by atoms with E-state index in [1.807, 2.05) is 48.5 Å². The molecule has 0 radical (unpaired) electrons. The molecule has 2 aromatic carbocycles. The summed E-state index contributed by atoms with van der Waals surface area (Å²) in [6.07, 6.45) is 2.90. The molecule has 2 heterocycles. The third-order valence-electron chi connectivity index (χ3n) is 5.71. The average molecular weight is 546 g/mol. The van der Waals surface area contributed by atoms with Crippen molar-refractivity contribution in [3.05, 3.63) is 94.1 Å². The number of rotatable bonds is 13. The number of hydrogen-bond donors (Lipinski definition) is 4. The molecule has 4 rings (SSSR count). The van der Waals surface area contributed by atoms with Crippen molar-refractivity contribution >= 4 is 34.1 Å². The number of aryl methyl sites for hydroxylation is 2. The molecule has 0 saturated carbocycles. The van der Waals surface area contributed by atoms with Gasteiger partial charge >= 0.3 is 0 Å². The summed E-state index contributed by atoms with van der Waals surface area (Å²) < 4.78 is 0. The number of aromatic nitrogens is 4. The van der Waals surface area contributed by atoms with Gasteiger partial charge in [0.2, 0.25) is 11.0 Å². The number of carbonyl (C=O) groups is 2. The van der Waals surface area contributed by atoms with E-state index in [9.17, 15) is 14.7 Å². The number of aliphatic hydroxyl groups excluding tert-OH is 1. The monoisotopic (exact) mass is 545 g/mol. The summed E-state index contributed by atoms with van der Waals surface area (Å²) in [7, 11) is 0. The van der Waals surface area contributed by atoms with Gasteiger partial charge in [0.15, 0.2) is 5.82 Å². The minimum Gasteiger partial charge on any atom is -0.374 e. The van der Waals surface area contributed by atoms with Gasteiger partial charge in [0, 0.05) is 18.5 Å². The van der Waals surface area contributed by atoms with E-state index in [-0.39, 0.29) is 18.2 Å². The van der Waals surface area contributed by atoms with Gasteiger partial charge in [-0.05, 0) is 61.6 Å². The SMILES string of the molecule is CC(O)Nc1ccc(CCCCc2nnc(NC(=O)Cc3cccc(CNC(=O)c4ccccc4)c3)s2)nn1. The van der Waals surface area contributed by atoms with E-state index in [0.717, 1.165) is 47.5 Å². The first-order valence-electron chi connectivity index (χ1n) is 12.7. The fraction of sp³-hybridized carbons (Fsp3) is 0.286. The zero-order chi connectivity index (χ0) is 27.5. The van der Waals surface area contributed by atoms with E-state index >= 15 is 0 Å². The highest BCUT2D eigenvalue weighted by atomic mass is 32.1. The zero-order valence-electron chi connectivity index (χ0n) is 21.6. The van der Waals surface area contributed by atoms with Crippen LogP contribution in [0.15, 0.2) is 66.7 Å². The molecule has 39 heavy (non-hydrogen) atoms. The van der Waals surface area contributed by atoms with Crippen LogP contribution in [0.2, 0.25) is 0 Å².